The number of ketones is 1. The number of nitrogens with one attached hydrogen (secondary N) is 2. The van der Waals surface area contributed by atoms with Gasteiger partial charge in [0.1, 0.15) is 17.0 Å². The number of fused-ring (bicyclic) bond motifs is 3. The summed E-state index contributed by atoms with van der Waals surface area (Å²) in [6.45, 7) is 10.1. The average Bonchev–Trinajstić information content (AvgIpc) is 3.24. The zero-order valence-electron chi connectivity index (χ0n) is 24.2. The third kappa shape index (κ3) is 3.60. The summed E-state index contributed by atoms with van der Waals surface area (Å²) in [6, 6.07) is 2.90. The largest absolute Gasteiger partial charge is 0.486 e. The Kier molecular flexibility index (Phi) is 6.25. The summed E-state index contributed by atoms with van der Waals surface area (Å²) in [4.78, 5) is 39.4. The highest BCUT2D eigenvalue weighted by Crippen LogP contribution is 2.66. The maximum atomic E-state index is 13.8. The molecule has 7 nitrogen and oxygen atoms in total. The molecule has 2 N–H and O–H groups in total. The summed E-state index contributed by atoms with van der Waals surface area (Å²) in [5, 5.41) is 6.18. The van der Waals surface area contributed by atoms with Crippen molar-refractivity contribution in [3.8, 4) is 5.75 Å². The van der Waals surface area contributed by atoms with Gasteiger partial charge in [-0.15, -0.1) is 0 Å². The van der Waals surface area contributed by atoms with E-state index < -0.39 is 28.7 Å². The van der Waals surface area contributed by atoms with E-state index in [9.17, 15) is 14.4 Å². The molecule has 3 aliphatic carbocycles. The van der Waals surface area contributed by atoms with Crippen LogP contribution in [0, 0.1) is 22.7 Å². The van der Waals surface area contributed by atoms with Crippen LogP contribution in [0.25, 0.3) is 0 Å². The molecule has 7 atom stereocenters. The number of ether oxygens (including phenoxy) is 2. The maximum Gasteiger partial charge on any atom is 0.252 e. The maximum absolute atomic E-state index is 13.8. The first-order chi connectivity index (χ1) is 18.8. The molecule has 1 spiro atoms. The Labute approximate surface area is 244 Å². The van der Waals surface area contributed by atoms with E-state index in [1.54, 1.807) is 7.11 Å². The molecule has 2 fully saturated rings. The number of rotatable bonds is 3. The fourth-order valence-corrected chi connectivity index (χ4v) is 9.04. The summed E-state index contributed by atoms with van der Waals surface area (Å²) < 4.78 is 14.5. The number of carbonyl (C=O) groups is 3. The van der Waals surface area contributed by atoms with E-state index >= 15 is 0 Å². The number of carbonyl (C=O) groups excluding carboxylic acids is 3. The Morgan fingerprint density at radius 1 is 1.20 bits per heavy atom. The van der Waals surface area contributed by atoms with E-state index in [0.717, 1.165) is 40.6 Å². The minimum Gasteiger partial charge on any atom is -0.486 e. The Morgan fingerprint density at radius 2 is 1.95 bits per heavy atom. The Hall–Kier alpha value is -2.45. The van der Waals surface area contributed by atoms with E-state index in [4.69, 9.17) is 9.47 Å². The molecule has 0 saturated heterocycles. The molecule has 0 bridgehead atoms. The minimum atomic E-state index is -0.769. The molecule has 5 aliphatic rings. The van der Waals surface area contributed by atoms with E-state index in [1.807, 2.05) is 38.1 Å². The molecule has 2 heterocycles. The van der Waals surface area contributed by atoms with Gasteiger partial charge in [0, 0.05) is 59.2 Å². The van der Waals surface area contributed by atoms with Crippen LogP contribution in [0.15, 0.2) is 34.8 Å². The highest BCUT2D eigenvalue weighted by Gasteiger charge is 2.70. The molecule has 6 rings (SSSR count). The van der Waals surface area contributed by atoms with Crippen LogP contribution in [0.5, 0.6) is 5.75 Å². The zero-order chi connectivity index (χ0) is 28.8. The second-order valence-corrected chi connectivity index (χ2v) is 14.3. The van der Waals surface area contributed by atoms with Crippen LogP contribution in [-0.2, 0) is 20.7 Å². The predicted molar refractivity (Wildman–Crippen MR) is 155 cm³/mol. The molecule has 1 aromatic carbocycles. The average molecular weight is 612 g/mol. The number of Topliss-reactive ketones (excluding diaryl/α,β-unsaturated/α-hetero) is 1. The highest BCUT2D eigenvalue weighted by atomic mass is 79.9. The second kappa shape index (κ2) is 9.02. The van der Waals surface area contributed by atoms with Gasteiger partial charge in [-0.3, -0.25) is 14.4 Å². The lowest BCUT2D eigenvalue weighted by Gasteiger charge is -2.66. The number of hydrogen-bond donors (Lipinski definition) is 2. The quantitative estimate of drug-likeness (QED) is 0.483. The fourth-order valence-electron chi connectivity index (χ4n) is 8.75. The van der Waals surface area contributed by atoms with Gasteiger partial charge in [-0.1, -0.05) is 55.8 Å². The van der Waals surface area contributed by atoms with Crippen LogP contribution in [-0.4, -0.2) is 42.0 Å². The summed E-state index contributed by atoms with van der Waals surface area (Å²) >= 11 is 3.56. The van der Waals surface area contributed by atoms with Crippen molar-refractivity contribution in [1.82, 2.24) is 10.6 Å². The van der Waals surface area contributed by atoms with Gasteiger partial charge in [0.05, 0.1) is 12.1 Å². The fraction of sp³-hybridized carbons (Fsp3) is 0.594. The third-order valence-corrected chi connectivity index (χ3v) is 11.7. The number of methoxy groups -OCH3 is 1. The van der Waals surface area contributed by atoms with Crippen molar-refractivity contribution >= 4 is 33.5 Å². The molecule has 1 aromatic rings. The van der Waals surface area contributed by atoms with Crippen LogP contribution in [0.2, 0.25) is 0 Å². The second-order valence-electron chi connectivity index (χ2n) is 13.4. The first kappa shape index (κ1) is 27.7. The number of hydrogen-bond acceptors (Lipinski definition) is 5. The van der Waals surface area contributed by atoms with E-state index in [2.05, 4.69) is 46.5 Å². The Morgan fingerprint density at radius 3 is 2.60 bits per heavy atom. The molecule has 1 unspecified atom stereocenters. The zero-order valence-corrected chi connectivity index (χ0v) is 25.7. The molecule has 2 amide bonds. The van der Waals surface area contributed by atoms with Crippen molar-refractivity contribution < 1.29 is 23.9 Å². The Balaban J connectivity index is 1.54. The molecular formula is C32H39BrN2O5. The lowest BCUT2D eigenvalue weighted by Crippen LogP contribution is -2.73. The molecule has 0 aromatic heterocycles. The number of amides is 2. The van der Waals surface area contributed by atoms with Crippen LogP contribution >= 0.6 is 15.9 Å². The number of benzene rings is 1. The molecule has 2 saturated carbocycles. The van der Waals surface area contributed by atoms with E-state index in [0.29, 0.717) is 24.3 Å². The normalized spacial score (nSPS) is 39.1. The number of allylic oxidation sites excluding steroid dienone is 2. The van der Waals surface area contributed by atoms with Crippen molar-refractivity contribution in [2.45, 2.75) is 90.0 Å². The highest BCUT2D eigenvalue weighted by molar-refractivity contribution is 9.11. The molecule has 8 heteroatoms. The van der Waals surface area contributed by atoms with Crippen molar-refractivity contribution in [3.05, 3.63) is 51.5 Å². The topological polar surface area (TPSA) is 93.7 Å². The monoisotopic (exact) mass is 610 g/mol. The van der Waals surface area contributed by atoms with Crippen molar-refractivity contribution in [3.63, 3.8) is 0 Å². The predicted octanol–water partition coefficient (Wildman–Crippen LogP) is 5.32. The molecule has 2 aliphatic heterocycles. The Bertz CT molecular complexity index is 1380. The SMILES string of the molecule is COC1([C@@H]2NC(=O)c3ccc4c(c32)O[C@@]23C[C@@H](NC(C)=O)C(=O)C(C)(C)[C@@H]2CC[C@H](C)[C@@]3(C)C4)C=CC(Br)=CC1. The van der Waals surface area contributed by atoms with Crippen molar-refractivity contribution in [1.29, 1.82) is 0 Å². The lowest BCUT2D eigenvalue weighted by molar-refractivity contribution is -0.213. The lowest BCUT2D eigenvalue weighted by atomic mass is 9.43. The van der Waals surface area contributed by atoms with Crippen molar-refractivity contribution in [2.75, 3.05) is 7.11 Å². The molecule has 40 heavy (non-hydrogen) atoms. The number of halogens is 1. The van der Waals surface area contributed by atoms with Gasteiger partial charge in [-0.2, -0.15) is 0 Å². The van der Waals surface area contributed by atoms with Gasteiger partial charge in [0.25, 0.3) is 5.91 Å². The van der Waals surface area contributed by atoms with Crippen LogP contribution in [0.4, 0.5) is 0 Å². The van der Waals surface area contributed by atoms with E-state index in [1.165, 1.54) is 6.92 Å². The molecule has 214 valence electrons. The van der Waals surface area contributed by atoms with Crippen LogP contribution < -0.4 is 15.4 Å². The first-order valence-corrected chi connectivity index (χ1v) is 15.2. The van der Waals surface area contributed by atoms with Gasteiger partial charge in [-0.05, 0) is 49.0 Å². The van der Waals surface area contributed by atoms with Gasteiger partial charge < -0.3 is 20.1 Å². The van der Waals surface area contributed by atoms with Crippen LogP contribution in [0.3, 0.4) is 0 Å². The van der Waals surface area contributed by atoms with Gasteiger partial charge >= 0.3 is 0 Å². The van der Waals surface area contributed by atoms with Gasteiger partial charge in [0.15, 0.2) is 5.78 Å². The third-order valence-electron chi connectivity index (χ3n) is 11.2. The van der Waals surface area contributed by atoms with Crippen LogP contribution in [0.1, 0.15) is 87.8 Å². The van der Waals surface area contributed by atoms with Gasteiger partial charge in [0.2, 0.25) is 5.91 Å². The van der Waals surface area contributed by atoms with Gasteiger partial charge in [-0.25, -0.2) is 0 Å². The smallest absolute Gasteiger partial charge is 0.252 e. The summed E-state index contributed by atoms with van der Waals surface area (Å²) in [5.74, 6) is 0.766. The first-order valence-electron chi connectivity index (χ1n) is 14.4. The summed E-state index contributed by atoms with van der Waals surface area (Å²) in [6.07, 6.45) is 9.70. The summed E-state index contributed by atoms with van der Waals surface area (Å²) in [7, 11) is 1.68. The molecular weight excluding hydrogens is 572 g/mol. The summed E-state index contributed by atoms with van der Waals surface area (Å²) in [5.41, 5.74) is 0.0936. The minimum absolute atomic E-state index is 0.0314. The molecule has 0 radical (unpaired) electrons. The standard InChI is InChI=1S/C32H39BrN2O5/c1-17-7-10-23-29(3,4)27(37)22(34-18(2)36)16-32(23)30(17,5)15-19-8-9-21-24(25(19)40-32)26(35-28(21)38)31(39-6)13-11-20(33)12-14-31/h8-9,11-13,17,22-23,26H,7,10,14-16H2,1-6H3,(H,34,36)(H,35,38)/t17-,22+,23-,26+,30+,31?,32-/m0/s1. The van der Waals surface area contributed by atoms with E-state index in [-0.39, 0.29) is 28.9 Å². The van der Waals surface area contributed by atoms with Crippen molar-refractivity contribution in [2.24, 2.45) is 22.7 Å².